The summed E-state index contributed by atoms with van der Waals surface area (Å²) < 4.78 is 6.73. The second-order valence-electron chi connectivity index (χ2n) is 4.50. The zero-order valence-corrected chi connectivity index (χ0v) is 14.6. The van der Waals surface area contributed by atoms with Crippen LogP contribution in [0.4, 0.5) is 0 Å². The van der Waals surface area contributed by atoms with Gasteiger partial charge in [-0.25, -0.2) is 4.98 Å². The summed E-state index contributed by atoms with van der Waals surface area (Å²) in [4.78, 5) is 4.32. The van der Waals surface area contributed by atoms with E-state index in [4.69, 9.17) is 27.9 Å². The molecule has 0 amide bonds. The Morgan fingerprint density at radius 3 is 2.57 bits per heavy atom. The second-order valence-corrected chi connectivity index (χ2v) is 6.29. The van der Waals surface area contributed by atoms with Crippen LogP contribution in [0.25, 0.3) is 0 Å². The van der Waals surface area contributed by atoms with Crippen LogP contribution in [0.5, 0.6) is 11.6 Å². The van der Waals surface area contributed by atoms with Crippen molar-refractivity contribution in [3.8, 4) is 11.6 Å². The van der Waals surface area contributed by atoms with E-state index in [2.05, 4.69) is 33.2 Å². The lowest BCUT2D eigenvalue weighted by molar-refractivity contribution is 0.452. The number of ether oxygens (including phenoxy) is 1. The summed E-state index contributed by atoms with van der Waals surface area (Å²) >= 11 is 15.4. The molecule has 0 bridgehead atoms. The van der Waals surface area contributed by atoms with E-state index in [0.29, 0.717) is 28.2 Å². The fraction of sp³-hybridized carbons (Fsp3) is 0.267. The molecule has 21 heavy (non-hydrogen) atoms. The molecule has 0 radical (unpaired) electrons. The molecule has 0 aliphatic rings. The van der Waals surface area contributed by atoms with Gasteiger partial charge in [0.2, 0.25) is 5.88 Å². The number of hydrogen-bond donors (Lipinski definition) is 1. The predicted octanol–water partition coefficient (Wildman–Crippen LogP) is 5.44. The first kappa shape index (κ1) is 16.6. The smallest absolute Gasteiger partial charge is 0.223 e. The van der Waals surface area contributed by atoms with Crippen molar-refractivity contribution in [3.05, 3.63) is 50.5 Å². The Balaban J connectivity index is 2.21. The number of benzene rings is 1. The Labute approximate surface area is 142 Å². The van der Waals surface area contributed by atoms with E-state index in [1.807, 2.05) is 6.07 Å². The standard InChI is InChI=1S/C15H15BrCl2N2O/c1-2-3-19-8-10-4-11(16)9-20-15(10)21-14-6-12(17)5-13(18)7-14/h4-7,9,19H,2-3,8H2,1H3. The third-order valence-corrected chi connectivity index (χ3v) is 3.55. The molecule has 0 aliphatic carbocycles. The third-order valence-electron chi connectivity index (χ3n) is 2.68. The minimum Gasteiger partial charge on any atom is -0.439 e. The first-order chi connectivity index (χ1) is 10.1. The second kappa shape index (κ2) is 7.99. The molecule has 6 heteroatoms. The molecule has 0 unspecified atom stereocenters. The van der Waals surface area contributed by atoms with Crippen molar-refractivity contribution in [1.29, 1.82) is 0 Å². The first-order valence-electron chi connectivity index (χ1n) is 6.57. The highest BCUT2D eigenvalue weighted by Gasteiger charge is 2.09. The fourth-order valence-corrected chi connectivity index (χ4v) is 2.67. The quantitative estimate of drug-likeness (QED) is 0.667. The number of halogens is 3. The largest absolute Gasteiger partial charge is 0.439 e. The molecule has 1 heterocycles. The third kappa shape index (κ3) is 5.15. The monoisotopic (exact) mass is 388 g/mol. The van der Waals surface area contributed by atoms with Crippen molar-refractivity contribution < 1.29 is 4.74 Å². The maximum absolute atomic E-state index is 5.98. The van der Waals surface area contributed by atoms with Crippen LogP contribution in [0.15, 0.2) is 34.9 Å². The molecule has 1 aromatic carbocycles. The summed E-state index contributed by atoms with van der Waals surface area (Å²) in [5, 5.41) is 4.39. The molecule has 1 aromatic heterocycles. The Bertz CT molecular complexity index is 602. The van der Waals surface area contributed by atoms with Gasteiger partial charge in [0, 0.05) is 32.8 Å². The zero-order chi connectivity index (χ0) is 15.2. The van der Waals surface area contributed by atoms with Crippen molar-refractivity contribution in [3.63, 3.8) is 0 Å². The average molecular weight is 390 g/mol. The van der Waals surface area contributed by atoms with Gasteiger partial charge in [0.05, 0.1) is 0 Å². The van der Waals surface area contributed by atoms with Crippen molar-refractivity contribution in [2.75, 3.05) is 6.54 Å². The van der Waals surface area contributed by atoms with Crippen LogP contribution >= 0.6 is 39.1 Å². The van der Waals surface area contributed by atoms with Gasteiger partial charge in [-0.05, 0) is 53.2 Å². The van der Waals surface area contributed by atoms with Gasteiger partial charge < -0.3 is 10.1 Å². The van der Waals surface area contributed by atoms with Crippen LogP contribution in [0.3, 0.4) is 0 Å². The molecular weight excluding hydrogens is 375 g/mol. The first-order valence-corrected chi connectivity index (χ1v) is 8.12. The van der Waals surface area contributed by atoms with Crippen molar-refractivity contribution in [1.82, 2.24) is 10.3 Å². The molecule has 3 nitrogen and oxygen atoms in total. The summed E-state index contributed by atoms with van der Waals surface area (Å²) in [6.07, 6.45) is 2.77. The summed E-state index contributed by atoms with van der Waals surface area (Å²) in [7, 11) is 0. The molecule has 0 spiro atoms. The van der Waals surface area contributed by atoms with Crippen LogP contribution in [-0.4, -0.2) is 11.5 Å². The summed E-state index contributed by atoms with van der Waals surface area (Å²) in [5.74, 6) is 1.11. The number of aromatic nitrogens is 1. The fourth-order valence-electron chi connectivity index (χ4n) is 1.79. The zero-order valence-electron chi connectivity index (χ0n) is 11.5. The SMILES string of the molecule is CCCNCc1cc(Br)cnc1Oc1cc(Cl)cc(Cl)c1. The van der Waals surface area contributed by atoms with Crippen LogP contribution in [0.1, 0.15) is 18.9 Å². The van der Waals surface area contributed by atoms with Gasteiger partial charge in [0.1, 0.15) is 5.75 Å². The molecule has 0 saturated heterocycles. The molecule has 1 N–H and O–H groups in total. The van der Waals surface area contributed by atoms with Gasteiger partial charge in [-0.3, -0.25) is 0 Å². The van der Waals surface area contributed by atoms with Gasteiger partial charge in [-0.2, -0.15) is 0 Å². The molecule has 112 valence electrons. The van der Waals surface area contributed by atoms with E-state index >= 15 is 0 Å². The molecule has 0 fully saturated rings. The molecule has 0 saturated carbocycles. The Kier molecular flexibility index (Phi) is 6.30. The maximum atomic E-state index is 5.98. The van der Waals surface area contributed by atoms with E-state index in [-0.39, 0.29) is 0 Å². The van der Waals surface area contributed by atoms with Crippen LogP contribution in [0, 0.1) is 0 Å². The van der Waals surface area contributed by atoms with E-state index in [1.165, 1.54) is 0 Å². The lowest BCUT2D eigenvalue weighted by Crippen LogP contribution is -2.14. The highest BCUT2D eigenvalue weighted by molar-refractivity contribution is 9.10. The van der Waals surface area contributed by atoms with Crippen molar-refractivity contribution >= 4 is 39.1 Å². The molecular formula is C15H15BrCl2N2O. The number of hydrogen-bond acceptors (Lipinski definition) is 3. The Morgan fingerprint density at radius 2 is 1.90 bits per heavy atom. The summed E-state index contributed by atoms with van der Waals surface area (Å²) in [5.41, 5.74) is 0.967. The maximum Gasteiger partial charge on any atom is 0.223 e. The topological polar surface area (TPSA) is 34.2 Å². The van der Waals surface area contributed by atoms with E-state index in [1.54, 1.807) is 24.4 Å². The number of rotatable bonds is 6. The molecule has 0 atom stereocenters. The van der Waals surface area contributed by atoms with Gasteiger partial charge in [-0.1, -0.05) is 30.1 Å². The van der Waals surface area contributed by atoms with Gasteiger partial charge in [0.15, 0.2) is 0 Å². The predicted molar refractivity (Wildman–Crippen MR) is 90.5 cm³/mol. The number of pyridine rings is 1. The minimum absolute atomic E-state index is 0.528. The summed E-state index contributed by atoms with van der Waals surface area (Å²) in [6, 6.07) is 7.06. The van der Waals surface area contributed by atoms with Gasteiger partial charge in [0.25, 0.3) is 0 Å². The van der Waals surface area contributed by atoms with E-state index in [0.717, 1.165) is 23.0 Å². The van der Waals surface area contributed by atoms with Crippen molar-refractivity contribution in [2.24, 2.45) is 0 Å². The number of nitrogens with zero attached hydrogens (tertiary/aromatic N) is 1. The Morgan fingerprint density at radius 1 is 1.19 bits per heavy atom. The highest BCUT2D eigenvalue weighted by Crippen LogP contribution is 2.30. The van der Waals surface area contributed by atoms with E-state index in [9.17, 15) is 0 Å². The number of nitrogens with one attached hydrogen (secondary N) is 1. The molecule has 0 aliphatic heterocycles. The molecule has 2 rings (SSSR count). The lowest BCUT2D eigenvalue weighted by Gasteiger charge is -2.11. The average Bonchev–Trinajstić information content (AvgIpc) is 2.41. The normalized spacial score (nSPS) is 10.7. The van der Waals surface area contributed by atoms with Gasteiger partial charge >= 0.3 is 0 Å². The van der Waals surface area contributed by atoms with Crippen LogP contribution in [0.2, 0.25) is 10.0 Å². The summed E-state index contributed by atoms with van der Waals surface area (Å²) in [6.45, 7) is 3.75. The highest BCUT2D eigenvalue weighted by atomic mass is 79.9. The minimum atomic E-state index is 0.528. The van der Waals surface area contributed by atoms with E-state index < -0.39 is 0 Å². The lowest BCUT2D eigenvalue weighted by atomic mass is 10.2. The van der Waals surface area contributed by atoms with Gasteiger partial charge in [-0.15, -0.1) is 0 Å². The molecule has 2 aromatic rings. The van der Waals surface area contributed by atoms with Crippen LogP contribution < -0.4 is 10.1 Å². The Hall–Kier alpha value is -0.810. The van der Waals surface area contributed by atoms with Crippen LogP contribution in [-0.2, 0) is 6.54 Å². The van der Waals surface area contributed by atoms with Crippen molar-refractivity contribution in [2.45, 2.75) is 19.9 Å².